The number of likely N-dealkylation sites (tertiary alicyclic amines) is 1. The summed E-state index contributed by atoms with van der Waals surface area (Å²) in [5.74, 6) is -0.709. The van der Waals surface area contributed by atoms with Gasteiger partial charge in [-0.2, -0.15) is 0 Å². The Balaban J connectivity index is 1.53. The molecule has 0 unspecified atom stereocenters. The maximum Gasteiger partial charge on any atom is 0.294 e. The van der Waals surface area contributed by atoms with Gasteiger partial charge >= 0.3 is 0 Å². The van der Waals surface area contributed by atoms with E-state index in [9.17, 15) is 24.5 Å². The Morgan fingerprint density at radius 2 is 1.83 bits per heavy atom. The lowest BCUT2D eigenvalue weighted by Crippen LogP contribution is -2.40. The highest BCUT2D eigenvalue weighted by Crippen LogP contribution is 2.33. The summed E-state index contributed by atoms with van der Waals surface area (Å²) in [4.78, 5) is 50.6. The van der Waals surface area contributed by atoms with Gasteiger partial charge in [0.25, 0.3) is 16.8 Å². The second-order valence-corrected chi connectivity index (χ2v) is 7.93. The second-order valence-electron chi connectivity index (χ2n) is 6.93. The molecule has 4 rings (SSSR count). The summed E-state index contributed by atoms with van der Waals surface area (Å²) < 4.78 is 1.76. The summed E-state index contributed by atoms with van der Waals surface area (Å²) in [6.07, 6.45) is 5.22. The van der Waals surface area contributed by atoms with Crippen molar-refractivity contribution in [3.8, 4) is 5.69 Å². The Morgan fingerprint density at radius 3 is 2.50 bits per heavy atom. The third kappa shape index (κ3) is 3.86. The number of rotatable bonds is 5. The summed E-state index contributed by atoms with van der Waals surface area (Å²) >= 11 is 0.800. The molecule has 0 saturated carbocycles. The average Bonchev–Trinajstić information content (AvgIpc) is 3.47. The number of nitro benzene ring substituents is 1. The molecule has 2 saturated heterocycles. The highest BCUT2D eigenvalue weighted by atomic mass is 32.2. The molecule has 3 heterocycles. The standard InChI is InChI=1S/C20H18N4O5S/c25-18(21-9-1-2-10-21)13-23-19(26)17(30-20(23)27)12-16-4-3-11-22(16)14-5-7-15(8-6-14)24(28)29/h3-8,11-12H,1-2,9-10,13H2/b17-12-. The fourth-order valence-corrected chi connectivity index (χ4v) is 4.28. The van der Waals surface area contributed by atoms with E-state index in [1.54, 1.807) is 46.0 Å². The van der Waals surface area contributed by atoms with Crippen molar-refractivity contribution in [2.75, 3.05) is 19.6 Å². The number of carbonyl (C=O) groups excluding carboxylic acids is 3. The number of imide groups is 1. The van der Waals surface area contributed by atoms with Crippen molar-refractivity contribution in [3.05, 3.63) is 63.3 Å². The smallest absolute Gasteiger partial charge is 0.294 e. The summed E-state index contributed by atoms with van der Waals surface area (Å²) in [5, 5.41) is 10.4. The van der Waals surface area contributed by atoms with Gasteiger partial charge in [-0.05, 0) is 54.9 Å². The van der Waals surface area contributed by atoms with Crippen molar-refractivity contribution in [1.82, 2.24) is 14.4 Å². The Labute approximate surface area is 176 Å². The van der Waals surface area contributed by atoms with E-state index in [1.165, 1.54) is 12.1 Å². The molecule has 9 nitrogen and oxygen atoms in total. The number of aromatic nitrogens is 1. The molecule has 154 valence electrons. The number of amides is 3. The van der Waals surface area contributed by atoms with E-state index in [0.29, 0.717) is 24.5 Å². The normalized spacial score (nSPS) is 17.9. The van der Waals surface area contributed by atoms with Crippen molar-refractivity contribution >= 4 is 40.6 Å². The summed E-state index contributed by atoms with van der Waals surface area (Å²) in [6.45, 7) is 1.08. The van der Waals surface area contributed by atoms with Gasteiger partial charge in [0.1, 0.15) is 6.54 Å². The van der Waals surface area contributed by atoms with Gasteiger partial charge in [0.05, 0.1) is 9.83 Å². The zero-order valence-electron chi connectivity index (χ0n) is 15.9. The first kappa shape index (κ1) is 19.9. The minimum Gasteiger partial charge on any atom is -0.341 e. The molecule has 2 fully saturated rings. The Bertz CT molecular complexity index is 1050. The molecule has 1 aromatic carbocycles. The minimum atomic E-state index is -0.492. The summed E-state index contributed by atoms with van der Waals surface area (Å²) in [7, 11) is 0. The maximum atomic E-state index is 12.7. The Morgan fingerprint density at radius 1 is 1.13 bits per heavy atom. The SMILES string of the molecule is O=C(CN1C(=O)S/C(=C\c2cccn2-c2ccc([N+](=O)[O-])cc2)C1=O)N1CCCC1. The van der Waals surface area contributed by atoms with Crippen molar-refractivity contribution in [1.29, 1.82) is 0 Å². The number of hydrogen-bond donors (Lipinski definition) is 0. The van der Waals surface area contributed by atoms with Crippen molar-refractivity contribution in [2.45, 2.75) is 12.8 Å². The number of non-ortho nitro benzene ring substituents is 1. The van der Waals surface area contributed by atoms with Crippen molar-refractivity contribution < 1.29 is 19.3 Å². The van der Waals surface area contributed by atoms with Crippen LogP contribution < -0.4 is 0 Å². The highest BCUT2D eigenvalue weighted by molar-refractivity contribution is 8.18. The predicted molar refractivity (Wildman–Crippen MR) is 111 cm³/mol. The van der Waals surface area contributed by atoms with Crippen LogP contribution in [0.3, 0.4) is 0 Å². The van der Waals surface area contributed by atoms with Crippen molar-refractivity contribution in [3.63, 3.8) is 0 Å². The molecule has 0 atom stereocenters. The predicted octanol–water partition coefficient (Wildman–Crippen LogP) is 3.04. The second kappa shape index (κ2) is 8.15. The first-order valence-electron chi connectivity index (χ1n) is 9.39. The van der Waals surface area contributed by atoms with Gasteiger partial charge in [0.15, 0.2) is 0 Å². The first-order valence-corrected chi connectivity index (χ1v) is 10.2. The maximum absolute atomic E-state index is 12.7. The molecule has 2 aromatic rings. The molecular formula is C20H18N4O5S. The number of nitrogens with zero attached hydrogens (tertiary/aromatic N) is 4. The minimum absolute atomic E-state index is 0.0174. The van der Waals surface area contributed by atoms with Crippen LogP contribution in [0.5, 0.6) is 0 Å². The molecule has 0 N–H and O–H groups in total. The number of nitro groups is 1. The van der Waals surface area contributed by atoms with Gasteiger partial charge in [0, 0.05) is 42.8 Å². The van der Waals surface area contributed by atoms with Gasteiger partial charge in [-0.1, -0.05) is 0 Å². The zero-order valence-corrected chi connectivity index (χ0v) is 16.7. The molecule has 0 aliphatic carbocycles. The first-order chi connectivity index (χ1) is 14.4. The zero-order chi connectivity index (χ0) is 21.3. The van der Waals surface area contributed by atoms with Crippen LogP contribution in [-0.2, 0) is 9.59 Å². The fourth-order valence-electron chi connectivity index (χ4n) is 3.45. The lowest BCUT2D eigenvalue weighted by atomic mass is 10.2. The van der Waals surface area contributed by atoms with E-state index < -0.39 is 16.1 Å². The average molecular weight is 426 g/mol. The van der Waals surface area contributed by atoms with E-state index in [-0.39, 0.29) is 23.0 Å². The Kier molecular flexibility index (Phi) is 5.40. The lowest BCUT2D eigenvalue weighted by Gasteiger charge is -2.18. The molecule has 10 heteroatoms. The molecule has 30 heavy (non-hydrogen) atoms. The molecular weight excluding hydrogens is 408 g/mol. The quantitative estimate of drug-likeness (QED) is 0.413. The third-order valence-electron chi connectivity index (χ3n) is 5.02. The van der Waals surface area contributed by atoms with E-state index >= 15 is 0 Å². The van der Waals surface area contributed by atoms with Gasteiger partial charge in [0.2, 0.25) is 5.91 Å². The molecule has 2 aliphatic heterocycles. The topological polar surface area (TPSA) is 106 Å². The number of carbonyl (C=O) groups is 3. The van der Waals surface area contributed by atoms with Crippen LogP contribution in [0.15, 0.2) is 47.5 Å². The van der Waals surface area contributed by atoms with Gasteiger partial charge in [-0.25, -0.2) is 0 Å². The molecule has 3 amide bonds. The largest absolute Gasteiger partial charge is 0.341 e. The van der Waals surface area contributed by atoms with E-state index in [1.807, 2.05) is 0 Å². The monoisotopic (exact) mass is 426 g/mol. The van der Waals surface area contributed by atoms with Crippen LogP contribution in [0.2, 0.25) is 0 Å². The third-order valence-corrected chi connectivity index (χ3v) is 5.93. The fraction of sp³-hybridized carbons (Fsp3) is 0.250. The highest BCUT2D eigenvalue weighted by Gasteiger charge is 2.37. The van der Waals surface area contributed by atoms with Crippen LogP contribution in [0.1, 0.15) is 18.5 Å². The van der Waals surface area contributed by atoms with Crippen LogP contribution in [-0.4, -0.2) is 56.0 Å². The Hall–Kier alpha value is -3.40. The van der Waals surface area contributed by atoms with Gasteiger partial charge in [-0.15, -0.1) is 0 Å². The number of benzene rings is 1. The van der Waals surface area contributed by atoms with Gasteiger partial charge in [-0.3, -0.25) is 29.4 Å². The van der Waals surface area contributed by atoms with E-state index in [2.05, 4.69) is 0 Å². The molecule has 0 spiro atoms. The van der Waals surface area contributed by atoms with Gasteiger partial charge < -0.3 is 9.47 Å². The summed E-state index contributed by atoms with van der Waals surface area (Å²) in [5.41, 5.74) is 1.30. The van der Waals surface area contributed by atoms with Crippen LogP contribution >= 0.6 is 11.8 Å². The molecule has 0 radical (unpaired) electrons. The lowest BCUT2D eigenvalue weighted by molar-refractivity contribution is -0.384. The molecule has 1 aromatic heterocycles. The van der Waals surface area contributed by atoms with Crippen molar-refractivity contribution in [2.24, 2.45) is 0 Å². The number of thioether (sulfide) groups is 1. The van der Waals surface area contributed by atoms with E-state index in [0.717, 1.165) is 29.5 Å². The van der Waals surface area contributed by atoms with Crippen LogP contribution in [0.25, 0.3) is 11.8 Å². The summed E-state index contributed by atoms with van der Waals surface area (Å²) in [6, 6.07) is 9.55. The molecule has 0 bridgehead atoms. The van der Waals surface area contributed by atoms with Crippen LogP contribution in [0, 0.1) is 10.1 Å². The molecule has 2 aliphatic rings. The van der Waals surface area contributed by atoms with Crippen LogP contribution in [0.4, 0.5) is 10.5 Å². The van der Waals surface area contributed by atoms with E-state index in [4.69, 9.17) is 0 Å². The number of hydrogen-bond acceptors (Lipinski definition) is 6.